The van der Waals surface area contributed by atoms with Crippen LogP contribution in [0.5, 0.6) is 0 Å². The summed E-state index contributed by atoms with van der Waals surface area (Å²) in [5.41, 5.74) is 1.90. The summed E-state index contributed by atoms with van der Waals surface area (Å²) in [6, 6.07) is 9.70. The first-order valence-electron chi connectivity index (χ1n) is 7.62. The van der Waals surface area contributed by atoms with Crippen LogP contribution in [0, 0.1) is 11.6 Å². The van der Waals surface area contributed by atoms with Gasteiger partial charge in [0.25, 0.3) is 5.91 Å². The fourth-order valence-electron chi connectivity index (χ4n) is 2.78. The molecule has 3 rings (SSSR count). The van der Waals surface area contributed by atoms with Gasteiger partial charge < -0.3 is 10.2 Å². The van der Waals surface area contributed by atoms with Crippen molar-refractivity contribution < 1.29 is 18.4 Å². The Labute approximate surface area is 138 Å². The minimum atomic E-state index is -1.10. The molecule has 0 radical (unpaired) electrons. The molecule has 1 aliphatic rings. The van der Waals surface area contributed by atoms with Gasteiger partial charge in [-0.2, -0.15) is 0 Å². The number of halogens is 2. The van der Waals surface area contributed by atoms with Gasteiger partial charge in [0, 0.05) is 17.8 Å². The minimum absolute atomic E-state index is 0.0321. The number of carbonyl (C=O) groups is 2. The van der Waals surface area contributed by atoms with Crippen molar-refractivity contribution >= 4 is 17.5 Å². The highest BCUT2D eigenvalue weighted by Gasteiger charge is 2.28. The molecule has 4 nitrogen and oxygen atoms in total. The molecule has 0 saturated carbocycles. The van der Waals surface area contributed by atoms with E-state index < -0.39 is 23.6 Å². The van der Waals surface area contributed by atoms with Crippen LogP contribution in [0.25, 0.3) is 0 Å². The molecular formula is C18H16F2N2O2. The van der Waals surface area contributed by atoms with Crippen molar-refractivity contribution in [3.63, 3.8) is 0 Å². The van der Waals surface area contributed by atoms with E-state index in [0.29, 0.717) is 6.54 Å². The molecule has 2 amide bonds. The molecule has 2 aromatic rings. The average Bonchev–Trinajstić information content (AvgIpc) is 3.00. The third-order valence-corrected chi connectivity index (χ3v) is 4.05. The van der Waals surface area contributed by atoms with E-state index in [-0.39, 0.29) is 11.5 Å². The van der Waals surface area contributed by atoms with E-state index >= 15 is 0 Å². The first-order valence-corrected chi connectivity index (χ1v) is 7.62. The summed E-state index contributed by atoms with van der Waals surface area (Å²) in [7, 11) is 0. The summed E-state index contributed by atoms with van der Waals surface area (Å²) >= 11 is 0. The zero-order valence-corrected chi connectivity index (χ0v) is 13.1. The predicted octanol–water partition coefficient (Wildman–Crippen LogP) is 2.67. The molecule has 124 valence electrons. The number of hydrogen-bond donors (Lipinski definition) is 1. The molecule has 0 aromatic heterocycles. The number of fused-ring (bicyclic) bond motifs is 1. The molecule has 2 aromatic carbocycles. The van der Waals surface area contributed by atoms with Gasteiger partial charge in [0.2, 0.25) is 5.91 Å². The zero-order chi connectivity index (χ0) is 17.3. The molecule has 6 heteroatoms. The van der Waals surface area contributed by atoms with E-state index in [2.05, 4.69) is 5.32 Å². The van der Waals surface area contributed by atoms with Gasteiger partial charge in [0.05, 0.1) is 0 Å². The quantitative estimate of drug-likeness (QED) is 0.941. The maximum atomic E-state index is 13.2. The Morgan fingerprint density at radius 2 is 1.88 bits per heavy atom. The van der Waals surface area contributed by atoms with Crippen molar-refractivity contribution in [3.05, 3.63) is 65.2 Å². The van der Waals surface area contributed by atoms with Crippen LogP contribution >= 0.6 is 0 Å². The topological polar surface area (TPSA) is 49.4 Å². The first-order chi connectivity index (χ1) is 11.5. The summed E-state index contributed by atoms with van der Waals surface area (Å²) in [6.07, 6.45) is 0.770. The normalized spacial score (nSPS) is 14.2. The summed E-state index contributed by atoms with van der Waals surface area (Å²) in [5, 5.41) is 2.53. The number of nitrogens with zero attached hydrogens (tertiary/aromatic N) is 1. The summed E-state index contributed by atoms with van der Waals surface area (Å²) in [4.78, 5) is 26.3. The fraction of sp³-hybridized carbons (Fsp3) is 0.222. The van der Waals surface area contributed by atoms with Gasteiger partial charge in [-0.05, 0) is 43.2 Å². The monoisotopic (exact) mass is 330 g/mol. The predicted molar refractivity (Wildman–Crippen MR) is 85.8 cm³/mol. The number of amides is 2. The van der Waals surface area contributed by atoms with Crippen LogP contribution in [-0.4, -0.2) is 24.4 Å². The molecule has 1 N–H and O–H groups in total. The molecular weight excluding hydrogens is 314 g/mol. The van der Waals surface area contributed by atoms with Crippen LogP contribution in [0.2, 0.25) is 0 Å². The largest absolute Gasteiger partial charge is 0.341 e. The number of anilines is 1. The van der Waals surface area contributed by atoms with Crippen LogP contribution < -0.4 is 10.2 Å². The highest BCUT2D eigenvalue weighted by Crippen LogP contribution is 2.27. The van der Waals surface area contributed by atoms with Crippen LogP contribution in [0.15, 0.2) is 42.5 Å². The Balaban J connectivity index is 1.70. The summed E-state index contributed by atoms with van der Waals surface area (Å²) < 4.78 is 26.1. The maximum absolute atomic E-state index is 13.2. The summed E-state index contributed by atoms with van der Waals surface area (Å²) in [6.45, 7) is 2.13. The van der Waals surface area contributed by atoms with Crippen LogP contribution in [0.1, 0.15) is 22.8 Å². The van der Waals surface area contributed by atoms with Crippen LogP contribution in [0.3, 0.4) is 0 Å². The molecule has 1 heterocycles. The number of para-hydroxylation sites is 1. The lowest BCUT2D eigenvalue weighted by Crippen LogP contribution is -2.46. The first kappa shape index (κ1) is 16.1. The van der Waals surface area contributed by atoms with E-state index in [1.165, 1.54) is 6.07 Å². The molecule has 0 saturated heterocycles. The van der Waals surface area contributed by atoms with Crippen molar-refractivity contribution in [3.8, 4) is 0 Å². The lowest BCUT2D eigenvalue weighted by Gasteiger charge is -2.22. The van der Waals surface area contributed by atoms with Crippen molar-refractivity contribution in [2.45, 2.75) is 19.4 Å². The molecule has 0 unspecified atom stereocenters. The van der Waals surface area contributed by atoms with E-state index in [9.17, 15) is 18.4 Å². The maximum Gasteiger partial charge on any atom is 0.252 e. The SMILES string of the molecule is C[C@H](NC(=O)c1ccc(F)c(F)c1)C(=O)N1CCc2ccccc21. The van der Waals surface area contributed by atoms with E-state index in [1.54, 1.807) is 11.8 Å². The smallest absolute Gasteiger partial charge is 0.252 e. The molecule has 24 heavy (non-hydrogen) atoms. The van der Waals surface area contributed by atoms with Gasteiger partial charge in [-0.1, -0.05) is 18.2 Å². The van der Waals surface area contributed by atoms with Crippen molar-refractivity contribution in [1.29, 1.82) is 0 Å². The van der Waals surface area contributed by atoms with Gasteiger partial charge >= 0.3 is 0 Å². The Morgan fingerprint density at radius 1 is 1.12 bits per heavy atom. The van der Waals surface area contributed by atoms with Crippen molar-refractivity contribution in [2.75, 3.05) is 11.4 Å². The number of rotatable bonds is 3. The third-order valence-electron chi connectivity index (χ3n) is 4.05. The standard InChI is InChI=1S/C18H16F2N2O2/c1-11(21-17(23)13-6-7-14(19)15(20)10-13)18(24)22-9-8-12-4-2-3-5-16(12)22/h2-7,10-11H,8-9H2,1H3,(H,21,23)/t11-/m0/s1. The average molecular weight is 330 g/mol. The van der Waals surface area contributed by atoms with Crippen molar-refractivity contribution in [1.82, 2.24) is 5.32 Å². The number of hydrogen-bond acceptors (Lipinski definition) is 2. The van der Waals surface area contributed by atoms with E-state index in [1.807, 2.05) is 24.3 Å². The summed E-state index contributed by atoms with van der Waals surface area (Å²) in [5.74, 6) is -2.99. The minimum Gasteiger partial charge on any atom is -0.341 e. The molecule has 0 bridgehead atoms. The lowest BCUT2D eigenvalue weighted by atomic mass is 10.1. The highest BCUT2D eigenvalue weighted by molar-refractivity contribution is 6.03. The van der Waals surface area contributed by atoms with Crippen LogP contribution in [-0.2, 0) is 11.2 Å². The lowest BCUT2D eigenvalue weighted by molar-refractivity contribution is -0.119. The van der Waals surface area contributed by atoms with Gasteiger partial charge in [-0.25, -0.2) is 8.78 Å². The Bertz CT molecular complexity index is 807. The Hall–Kier alpha value is -2.76. The van der Waals surface area contributed by atoms with E-state index in [4.69, 9.17) is 0 Å². The Kier molecular flexibility index (Phi) is 4.29. The van der Waals surface area contributed by atoms with Gasteiger partial charge in [0.15, 0.2) is 11.6 Å². The number of benzene rings is 2. The molecule has 0 aliphatic carbocycles. The van der Waals surface area contributed by atoms with Crippen molar-refractivity contribution in [2.24, 2.45) is 0 Å². The van der Waals surface area contributed by atoms with E-state index in [0.717, 1.165) is 29.8 Å². The van der Waals surface area contributed by atoms with Gasteiger partial charge in [0.1, 0.15) is 6.04 Å². The number of carbonyl (C=O) groups excluding carboxylic acids is 2. The molecule has 0 spiro atoms. The fourth-order valence-corrected chi connectivity index (χ4v) is 2.78. The Morgan fingerprint density at radius 3 is 2.62 bits per heavy atom. The zero-order valence-electron chi connectivity index (χ0n) is 13.1. The second-order valence-electron chi connectivity index (χ2n) is 5.69. The molecule has 1 aliphatic heterocycles. The second kappa shape index (κ2) is 6.39. The second-order valence-corrected chi connectivity index (χ2v) is 5.69. The molecule has 1 atom stereocenters. The van der Waals surface area contributed by atoms with Gasteiger partial charge in [-0.15, -0.1) is 0 Å². The molecule has 0 fully saturated rings. The van der Waals surface area contributed by atoms with Crippen LogP contribution in [0.4, 0.5) is 14.5 Å². The number of nitrogens with one attached hydrogen (secondary N) is 1. The highest BCUT2D eigenvalue weighted by atomic mass is 19.2. The third kappa shape index (κ3) is 2.99. The van der Waals surface area contributed by atoms with Gasteiger partial charge in [-0.3, -0.25) is 9.59 Å².